The maximum absolute atomic E-state index is 14.0. The normalized spacial score (nSPS) is 12.2. The highest BCUT2D eigenvalue weighted by molar-refractivity contribution is 7.92. The molecular weight excluding hydrogens is 581 g/mol. The molecule has 0 saturated carbocycles. The lowest BCUT2D eigenvalue weighted by Gasteiger charge is -2.32. The van der Waals surface area contributed by atoms with Crippen LogP contribution in [0.25, 0.3) is 0 Å². The molecule has 220 valence electrons. The predicted molar refractivity (Wildman–Crippen MR) is 166 cm³/mol. The molecule has 0 bridgehead atoms. The van der Waals surface area contributed by atoms with Crippen molar-refractivity contribution in [3.63, 3.8) is 0 Å². The van der Waals surface area contributed by atoms with Crippen LogP contribution in [-0.4, -0.2) is 44.3 Å². The summed E-state index contributed by atoms with van der Waals surface area (Å²) in [6.45, 7) is 11.1. The second-order valence-corrected chi connectivity index (χ2v) is 13.4. The van der Waals surface area contributed by atoms with Crippen LogP contribution in [0.1, 0.15) is 43.0 Å². The van der Waals surface area contributed by atoms with Gasteiger partial charge >= 0.3 is 0 Å². The van der Waals surface area contributed by atoms with E-state index in [2.05, 4.69) is 5.32 Å². The van der Waals surface area contributed by atoms with Crippen LogP contribution in [0.4, 0.5) is 5.69 Å². The summed E-state index contributed by atoms with van der Waals surface area (Å²) in [6, 6.07) is 16.0. The van der Waals surface area contributed by atoms with Gasteiger partial charge in [0.1, 0.15) is 12.6 Å². The van der Waals surface area contributed by atoms with E-state index in [1.807, 2.05) is 40.7 Å². The summed E-state index contributed by atoms with van der Waals surface area (Å²) in [6.07, 6.45) is 0. The highest BCUT2D eigenvalue weighted by Crippen LogP contribution is 2.28. The van der Waals surface area contributed by atoms with Crippen LogP contribution in [0.5, 0.6) is 0 Å². The number of sulfonamides is 1. The maximum Gasteiger partial charge on any atom is 0.264 e. The molecular formula is C31H37Cl2N3O4S. The molecule has 0 radical (unpaired) electrons. The summed E-state index contributed by atoms with van der Waals surface area (Å²) in [5, 5.41) is 3.55. The lowest BCUT2D eigenvalue weighted by atomic mass is 10.1. The molecule has 3 aromatic rings. The SMILES string of the molecule is Cc1ccc(S(=O)(=O)N(CC(=O)N(Cc2ccc(Cl)c(Cl)c2)C(C)C(=O)NCC(C)C)c2cc(C)cc(C)c2)cc1. The van der Waals surface area contributed by atoms with Crippen molar-refractivity contribution >= 4 is 50.7 Å². The third-order valence-corrected chi connectivity index (χ3v) is 9.10. The van der Waals surface area contributed by atoms with E-state index < -0.39 is 28.5 Å². The fourth-order valence-corrected chi connectivity index (χ4v) is 6.05. The molecule has 1 atom stereocenters. The lowest BCUT2D eigenvalue weighted by molar-refractivity contribution is -0.139. The molecule has 7 nitrogen and oxygen atoms in total. The Kier molecular flexibility index (Phi) is 10.9. The summed E-state index contributed by atoms with van der Waals surface area (Å²) in [5.41, 5.74) is 3.63. The second-order valence-electron chi connectivity index (χ2n) is 10.8. The average molecular weight is 619 g/mol. The minimum atomic E-state index is -4.14. The third kappa shape index (κ3) is 8.47. The molecule has 3 rings (SSSR count). The van der Waals surface area contributed by atoms with Gasteiger partial charge in [-0.25, -0.2) is 8.42 Å². The molecule has 10 heteroatoms. The number of nitrogens with one attached hydrogen (secondary N) is 1. The number of hydrogen-bond donors (Lipinski definition) is 1. The monoisotopic (exact) mass is 617 g/mol. The minimum Gasteiger partial charge on any atom is -0.354 e. The van der Waals surface area contributed by atoms with Gasteiger partial charge in [0.05, 0.1) is 20.6 Å². The molecule has 41 heavy (non-hydrogen) atoms. The van der Waals surface area contributed by atoms with Gasteiger partial charge in [-0.15, -0.1) is 0 Å². The molecule has 0 aromatic heterocycles. The van der Waals surface area contributed by atoms with Crippen molar-refractivity contribution in [1.82, 2.24) is 10.2 Å². The molecule has 0 spiro atoms. The zero-order chi connectivity index (χ0) is 30.5. The molecule has 0 aliphatic carbocycles. The van der Waals surface area contributed by atoms with Gasteiger partial charge < -0.3 is 10.2 Å². The fraction of sp³-hybridized carbons (Fsp3) is 0.355. The molecule has 3 aromatic carbocycles. The first-order chi connectivity index (χ1) is 19.2. The van der Waals surface area contributed by atoms with E-state index in [9.17, 15) is 18.0 Å². The minimum absolute atomic E-state index is 0.0251. The van der Waals surface area contributed by atoms with Gasteiger partial charge in [0.15, 0.2) is 0 Å². The second kappa shape index (κ2) is 13.7. The van der Waals surface area contributed by atoms with E-state index in [-0.39, 0.29) is 23.3 Å². The predicted octanol–water partition coefficient (Wildman–Crippen LogP) is 6.30. The molecule has 2 amide bonds. The van der Waals surface area contributed by atoms with Gasteiger partial charge in [-0.2, -0.15) is 0 Å². The molecule has 0 saturated heterocycles. The number of anilines is 1. The Hall–Kier alpha value is -3.07. The van der Waals surface area contributed by atoms with Crippen molar-refractivity contribution in [2.75, 3.05) is 17.4 Å². The number of amides is 2. The van der Waals surface area contributed by atoms with Crippen LogP contribution in [0.3, 0.4) is 0 Å². The molecule has 0 aliphatic heterocycles. The Morgan fingerprint density at radius 2 is 1.44 bits per heavy atom. The number of aryl methyl sites for hydroxylation is 3. The van der Waals surface area contributed by atoms with Crippen LogP contribution in [0.2, 0.25) is 10.0 Å². The Bertz CT molecular complexity index is 1490. The van der Waals surface area contributed by atoms with Gasteiger partial charge in [-0.1, -0.05) is 66.9 Å². The van der Waals surface area contributed by atoms with E-state index in [0.29, 0.717) is 27.8 Å². The lowest BCUT2D eigenvalue weighted by Crippen LogP contribution is -2.51. The Balaban J connectivity index is 2.06. The number of hydrogen-bond acceptors (Lipinski definition) is 4. The molecule has 0 heterocycles. The first-order valence-corrected chi connectivity index (χ1v) is 15.6. The standard InChI is InChI=1S/C31H37Cl2N3O4S/c1-20(2)17-34-31(38)24(6)35(18-25-9-12-28(32)29(33)16-25)30(37)19-36(26-14-22(4)13-23(5)15-26)41(39,40)27-10-7-21(3)8-11-27/h7-16,20,24H,17-19H2,1-6H3,(H,34,38). The van der Waals surface area contributed by atoms with E-state index in [1.165, 1.54) is 17.0 Å². The van der Waals surface area contributed by atoms with Gasteiger partial charge in [-0.05, 0) is 86.7 Å². The molecule has 1 unspecified atom stereocenters. The summed E-state index contributed by atoms with van der Waals surface area (Å²) in [5.74, 6) is -0.672. The highest BCUT2D eigenvalue weighted by atomic mass is 35.5. The first kappa shape index (κ1) is 32.4. The molecule has 0 aliphatic rings. The highest BCUT2D eigenvalue weighted by Gasteiger charge is 2.32. The summed E-state index contributed by atoms with van der Waals surface area (Å²) >= 11 is 12.3. The molecule has 1 N–H and O–H groups in total. The van der Waals surface area contributed by atoms with Gasteiger partial charge in [0.2, 0.25) is 11.8 Å². The van der Waals surface area contributed by atoms with E-state index in [4.69, 9.17) is 23.2 Å². The fourth-order valence-electron chi connectivity index (χ4n) is 4.33. The zero-order valence-electron chi connectivity index (χ0n) is 24.2. The van der Waals surface area contributed by atoms with Crippen molar-refractivity contribution in [1.29, 1.82) is 0 Å². The van der Waals surface area contributed by atoms with Gasteiger partial charge in [0, 0.05) is 13.1 Å². The Morgan fingerprint density at radius 3 is 2.00 bits per heavy atom. The first-order valence-electron chi connectivity index (χ1n) is 13.4. The smallest absolute Gasteiger partial charge is 0.264 e. The largest absolute Gasteiger partial charge is 0.354 e. The number of carbonyl (C=O) groups is 2. The van der Waals surface area contributed by atoms with Crippen molar-refractivity contribution in [3.8, 4) is 0 Å². The average Bonchev–Trinajstić information content (AvgIpc) is 2.89. The number of benzene rings is 3. The van der Waals surface area contributed by atoms with Gasteiger partial charge in [0.25, 0.3) is 10.0 Å². The van der Waals surface area contributed by atoms with Crippen LogP contribution >= 0.6 is 23.2 Å². The summed E-state index contributed by atoms with van der Waals surface area (Å²) in [7, 11) is -4.14. The van der Waals surface area contributed by atoms with Crippen LogP contribution < -0.4 is 9.62 Å². The Morgan fingerprint density at radius 1 is 0.829 bits per heavy atom. The number of carbonyl (C=O) groups excluding carboxylic acids is 2. The third-order valence-electron chi connectivity index (χ3n) is 6.57. The summed E-state index contributed by atoms with van der Waals surface area (Å²) in [4.78, 5) is 28.6. The molecule has 0 fully saturated rings. The zero-order valence-corrected chi connectivity index (χ0v) is 26.6. The van der Waals surface area contributed by atoms with Crippen molar-refractivity contribution in [3.05, 3.63) is 93.0 Å². The number of halogens is 2. The van der Waals surface area contributed by atoms with Crippen LogP contribution in [-0.2, 0) is 26.2 Å². The van der Waals surface area contributed by atoms with Gasteiger partial charge in [-0.3, -0.25) is 13.9 Å². The number of rotatable bonds is 11. The van der Waals surface area contributed by atoms with Crippen molar-refractivity contribution in [2.45, 2.75) is 59.0 Å². The maximum atomic E-state index is 14.0. The van der Waals surface area contributed by atoms with Crippen molar-refractivity contribution < 1.29 is 18.0 Å². The van der Waals surface area contributed by atoms with E-state index in [0.717, 1.165) is 21.0 Å². The van der Waals surface area contributed by atoms with Crippen LogP contribution in [0.15, 0.2) is 65.6 Å². The quantitative estimate of drug-likeness (QED) is 0.273. The number of nitrogens with zero attached hydrogens (tertiary/aromatic N) is 2. The summed E-state index contributed by atoms with van der Waals surface area (Å²) < 4.78 is 29.1. The van der Waals surface area contributed by atoms with Crippen LogP contribution in [0, 0.1) is 26.7 Å². The topological polar surface area (TPSA) is 86.8 Å². The van der Waals surface area contributed by atoms with E-state index in [1.54, 1.807) is 49.4 Å². The van der Waals surface area contributed by atoms with Crippen molar-refractivity contribution in [2.24, 2.45) is 5.92 Å². The Labute approximate surface area is 253 Å². The van der Waals surface area contributed by atoms with E-state index >= 15 is 0 Å².